The Morgan fingerprint density at radius 1 is 1.12 bits per heavy atom. The fraction of sp³-hybridized carbons (Fsp3) is 0.556. The first kappa shape index (κ1) is 21.4. The zero-order valence-corrected chi connectivity index (χ0v) is 19.4. The molecule has 0 bridgehead atoms. The molecule has 0 N–H and O–H groups in total. The quantitative estimate of drug-likeness (QED) is 0.682. The summed E-state index contributed by atoms with van der Waals surface area (Å²) in [5, 5.41) is 0. The fourth-order valence-electron chi connectivity index (χ4n) is 6.17. The van der Waals surface area contributed by atoms with Crippen LogP contribution in [0.4, 0.5) is 0 Å². The molecule has 1 saturated heterocycles. The van der Waals surface area contributed by atoms with Crippen molar-refractivity contribution >= 4 is 11.5 Å². The standard InChI is InChI=1S/C27H34N4O/c1-18-10-20(8-9-28-18)27-25-15-29-23(11-21(25)14-30-27)13-24(32)12-22-16-31(2)17-26(22)19-6-4-3-5-7-19/h8-11,15,19,22,26H,3-7,12-14,16-17H2,1-2H3/t22-,26+/m0/s1. The highest BCUT2D eigenvalue weighted by atomic mass is 16.1. The van der Waals surface area contributed by atoms with Crippen molar-refractivity contribution in [3.05, 3.63) is 58.7 Å². The summed E-state index contributed by atoms with van der Waals surface area (Å²) < 4.78 is 0. The van der Waals surface area contributed by atoms with E-state index in [2.05, 4.69) is 34.0 Å². The number of Topliss-reactive ketones (excluding diaryl/α,β-unsaturated/α-hetero) is 1. The van der Waals surface area contributed by atoms with Crippen LogP contribution in [0.1, 0.15) is 66.6 Å². The Hall–Kier alpha value is -2.40. The largest absolute Gasteiger partial charge is 0.306 e. The molecule has 0 amide bonds. The fourth-order valence-corrected chi connectivity index (χ4v) is 6.17. The third-order valence-corrected chi connectivity index (χ3v) is 7.68. The van der Waals surface area contributed by atoms with Gasteiger partial charge in [0, 0.05) is 60.8 Å². The Morgan fingerprint density at radius 3 is 2.78 bits per heavy atom. The van der Waals surface area contributed by atoms with E-state index in [1.54, 1.807) is 0 Å². The van der Waals surface area contributed by atoms with Gasteiger partial charge in [-0.25, -0.2) is 0 Å². The first-order chi connectivity index (χ1) is 15.6. The zero-order valence-electron chi connectivity index (χ0n) is 19.4. The Balaban J connectivity index is 1.24. The van der Waals surface area contributed by atoms with Crippen molar-refractivity contribution in [1.29, 1.82) is 0 Å². The van der Waals surface area contributed by atoms with E-state index in [1.807, 2.05) is 25.4 Å². The minimum absolute atomic E-state index is 0.336. The summed E-state index contributed by atoms with van der Waals surface area (Å²) in [6, 6.07) is 6.16. The maximum absolute atomic E-state index is 13.0. The molecule has 2 atom stereocenters. The predicted molar refractivity (Wildman–Crippen MR) is 127 cm³/mol. The Morgan fingerprint density at radius 2 is 1.97 bits per heavy atom. The van der Waals surface area contributed by atoms with Crippen molar-refractivity contribution < 1.29 is 4.79 Å². The maximum Gasteiger partial charge on any atom is 0.139 e. The number of aryl methyl sites for hydroxylation is 1. The molecule has 0 aromatic carbocycles. The van der Waals surface area contributed by atoms with Crippen LogP contribution in [-0.2, 0) is 17.8 Å². The smallest absolute Gasteiger partial charge is 0.139 e. The normalized spacial score (nSPS) is 23.9. The van der Waals surface area contributed by atoms with Crippen molar-refractivity contribution in [3.8, 4) is 0 Å². The van der Waals surface area contributed by atoms with Crippen LogP contribution >= 0.6 is 0 Å². The molecule has 5 rings (SSSR count). The first-order valence-corrected chi connectivity index (χ1v) is 12.2. The van der Waals surface area contributed by atoms with Gasteiger partial charge in [-0.2, -0.15) is 0 Å². The number of pyridine rings is 2. The molecule has 2 aromatic heterocycles. The van der Waals surface area contributed by atoms with Crippen LogP contribution in [-0.4, -0.2) is 46.5 Å². The molecule has 0 unspecified atom stereocenters. The number of likely N-dealkylation sites (tertiary alicyclic amines) is 1. The average Bonchev–Trinajstić information content (AvgIpc) is 3.37. The summed E-state index contributed by atoms with van der Waals surface area (Å²) in [7, 11) is 2.21. The summed E-state index contributed by atoms with van der Waals surface area (Å²) in [5.74, 6) is 2.35. The van der Waals surface area contributed by atoms with E-state index in [1.165, 1.54) is 37.7 Å². The minimum Gasteiger partial charge on any atom is -0.306 e. The summed E-state index contributed by atoms with van der Waals surface area (Å²) >= 11 is 0. The van der Waals surface area contributed by atoms with Gasteiger partial charge in [-0.05, 0) is 55.5 Å². The van der Waals surface area contributed by atoms with Crippen LogP contribution in [0.3, 0.4) is 0 Å². The number of carbonyl (C=O) groups is 1. The van der Waals surface area contributed by atoms with Gasteiger partial charge < -0.3 is 4.90 Å². The van der Waals surface area contributed by atoms with E-state index in [0.717, 1.165) is 47.2 Å². The molecule has 4 heterocycles. The summed E-state index contributed by atoms with van der Waals surface area (Å²) in [6.45, 7) is 4.88. The lowest BCUT2D eigenvalue weighted by molar-refractivity contribution is -0.119. The van der Waals surface area contributed by atoms with Crippen LogP contribution in [0.5, 0.6) is 0 Å². The number of hydrogen-bond donors (Lipinski definition) is 0. The predicted octanol–water partition coefficient (Wildman–Crippen LogP) is 4.40. The summed E-state index contributed by atoms with van der Waals surface area (Å²) in [6.07, 6.45) is 11.7. The monoisotopic (exact) mass is 430 g/mol. The van der Waals surface area contributed by atoms with Gasteiger partial charge in [0.2, 0.25) is 0 Å². The van der Waals surface area contributed by atoms with Crippen LogP contribution in [0.15, 0.2) is 35.6 Å². The summed E-state index contributed by atoms with van der Waals surface area (Å²) in [4.78, 5) is 29.2. The van der Waals surface area contributed by atoms with Gasteiger partial charge in [0.05, 0.1) is 12.3 Å². The van der Waals surface area contributed by atoms with E-state index in [-0.39, 0.29) is 0 Å². The molecule has 3 aliphatic rings. The highest BCUT2D eigenvalue weighted by Crippen LogP contribution is 2.39. The number of hydrogen-bond acceptors (Lipinski definition) is 5. The molecular formula is C27H34N4O. The van der Waals surface area contributed by atoms with Crippen molar-refractivity contribution in [2.45, 2.75) is 58.4 Å². The third-order valence-electron chi connectivity index (χ3n) is 7.68. The average molecular weight is 431 g/mol. The van der Waals surface area contributed by atoms with Crippen molar-refractivity contribution in [2.24, 2.45) is 22.7 Å². The van der Waals surface area contributed by atoms with Crippen LogP contribution in [0, 0.1) is 24.7 Å². The molecule has 1 aliphatic carbocycles. The number of aliphatic imine (C=N–C) groups is 1. The molecule has 0 spiro atoms. The molecular weight excluding hydrogens is 396 g/mol. The van der Waals surface area contributed by atoms with E-state index in [4.69, 9.17) is 4.99 Å². The topological polar surface area (TPSA) is 58.5 Å². The number of ketones is 1. The molecule has 0 radical (unpaired) electrons. The van der Waals surface area contributed by atoms with Crippen LogP contribution in [0.2, 0.25) is 0 Å². The number of aromatic nitrogens is 2. The third kappa shape index (κ3) is 4.54. The van der Waals surface area contributed by atoms with Crippen LogP contribution < -0.4 is 0 Å². The van der Waals surface area contributed by atoms with Crippen molar-refractivity contribution in [3.63, 3.8) is 0 Å². The Bertz CT molecular complexity index is 1020. The second-order valence-corrected chi connectivity index (χ2v) is 10.1. The SMILES string of the molecule is Cc1cc(C2=NCc3cc(CC(=O)C[C@H]4CN(C)C[C@@H]4C4CCCCC4)ncc32)ccn1. The second kappa shape index (κ2) is 9.22. The number of nitrogens with zero attached hydrogens (tertiary/aromatic N) is 4. The number of carbonyl (C=O) groups excluding carboxylic acids is 1. The molecule has 2 aromatic rings. The lowest BCUT2D eigenvalue weighted by Crippen LogP contribution is -2.26. The van der Waals surface area contributed by atoms with Gasteiger partial charge in [0.1, 0.15) is 5.78 Å². The van der Waals surface area contributed by atoms with Gasteiger partial charge in [-0.15, -0.1) is 0 Å². The lowest BCUT2D eigenvalue weighted by Gasteiger charge is -2.30. The number of rotatable bonds is 6. The van der Waals surface area contributed by atoms with Gasteiger partial charge in [-0.3, -0.25) is 19.8 Å². The van der Waals surface area contributed by atoms with Gasteiger partial charge >= 0.3 is 0 Å². The lowest BCUT2D eigenvalue weighted by atomic mass is 9.74. The van der Waals surface area contributed by atoms with Crippen LogP contribution in [0.25, 0.3) is 0 Å². The first-order valence-electron chi connectivity index (χ1n) is 12.2. The second-order valence-electron chi connectivity index (χ2n) is 10.1. The highest BCUT2D eigenvalue weighted by molar-refractivity contribution is 6.15. The minimum atomic E-state index is 0.336. The van der Waals surface area contributed by atoms with E-state index >= 15 is 0 Å². The molecule has 2 aliphatic heterocycles. The van der Waals surface area contributed by atoms with Gasteiger partial charge in [-0.1, -0.05) is 32.1 Å². The highest BCUT2D eigenvalue weighted by Gasteiger charge is 2.37. The molecule has 1 saturated carbocycles. The summed E-state index contributed by atoms with van der Waals surface area (Å²) in [5.41, 5.74) is 6.20. The molecule has 2 fully saturated rings. The van der Waals surface area contributed by atoms with Gasteiger partial charge in [0.25, 0.3) is 0 Å². The maximum atomic E-state index is 13.0. The van der Waals surface area contributed by atoms with Crippen molar-refractivity contribution in [2.75, 3.05) is 20.1 Å². The van der Waals surface area contributed by atoms with E-state index in [0.29, 0.717) is 37.0 Å². The number of fused-ring (bicyclic) bond motifs is 1. The molecule has 5 nitrogen and oxygen atoms in total. The van der Waals surface area contributed by atoms with Gasteiger partial charge in [0.15, 0.2) is 0 Å². The van der Waals surface area contributed by atoms with E-state index < -0.39 is 0 Å². The Kier molecular flexibility index (Phi) is 6.18. The molecule has 32 heavy (non-hydrogen) atoms. The Labute approximate surface area is 191 Å². The molecule has 5 heteroatoms. The zero-order chi connectivity index (χ0) is 22.1. The molecule has 168 valence electrons. The van der Waals surface area contributed by atoms with Crippen molar-refractivity contribution in [1.82, 2.24) is 14.9 Å². The van der Waals surface area contributed by atoms with E-state index in [9.17, 15) is 4.79 Å².